The van der Waals surface area contributed by atoms with E-state index in [1.54, 1.807) is 12.4 Å². The Morgan fingerprint density at radius 2 is 2.22 bits per heavy atom. The van der Waals surface area contributed by atoms with Crippen LogP contribution in [-0.4, -0.2) is 42.3 Å². The summed E-state index contributed by atoms with van der Waals surface area (Å²) in [5.41, 5.74) is 2.41. The fourth-order valence-corrected chi connectivity index (χ4v) is 5.21. The number of rotatable bonds is 8. The van der Waals surface area contributed by atoms with Crippen LogP contribution < -0.4 is 9.38 Å². The molecule has 0 amide bonds. The highest BCUT2D eigenvalue weighted by atomic mass is 32.2. The van der Waals surface area contributed by atoms with E-state index in [1.165, 1.54) is 6.82 Å². The molecule has 1 fully saturated rings. The number of H-pyrrole nitrogens is 1. The Bertz CT molecular complexity index is 933. The highest BCUT2D eigenvalue weighted by Gasteiger charge is 2.35. The van der Waals surface area contributed by atoms with E-state index in [9.17, 15) is 13.4 Å². The lowest BCUT2D eigenvalue weighted by Gasteiger charge is -2.37. The van der Waals surface area contributed by atoms with Crippen LogP contribution in [0.25, 0.3) is 16.6 Å². The predicted octanol–water partition coefficient (Wildman–Crippen LogP) is 2.42. The van der Waals surface area contributed by atoms with Crippen molar-refractivity contribution in [2.45, 2.75) is 39.6 Å². The van der Waals surface area contributed by atoms with Crippen molar-refractivity contribution < 1.29 is 18.1 Å². The maximum atomic E-state index is 12.1. The number of pyridine rings is 1. The molecule has 1 aliphatic carbocycles. The molecule has 3 N–H and O–H groups in total. The van der Waals surface area contributed by atoms with Crippen LogP contribution in [0.15, 0.2) is 25.0 Å². The average molecular weight is 391 g/mol. The van der Waals surface area contributed by atoms with Crippen molar-refractivity contribution in [2.24, 2.45) is 11.8 Å². The first-order chi connectivity index (χ1) is 12.7. The minimum absolute atomic E-state index is 0.0693. The molecule has 1 aliphatic rings. The van der Waals surface area contributed by atoms with Gasteiger partial charge in [-0.1, -0.05) is 20.4 Å². The van der Waals surface area contributed by atoms with Gasteiger partial charge in [0, 0.05) is 23.2 Å². The highest BCUT2D eigenvalue weighted by molar-refractivity contribution is 7.89. The predicted molar refractivity (Wildman–Crippen MR) is 108 cm³/mol. The third-order valence-electron chi connectivity index (χ3n) is 4.70. The zero-order chi connectivity index (χ0) is 19.8. The zero-order valence-corrected chi connectivity index (χ0v) is 16.7. The average Bonchev–Trinajstić information content (AvgIpc) is 2.96. The van der Waals surface area contributed by atoms with Gasteiger partial charge in [0.2, 0.25) is 10.0 Å². The van der Waals surface area contributed by atoms with Crippen molar-refractivity contribution in [1.82, 2.24) is 14.7 Å². The van der Waals surface area contributed by atoms with Crippen LogP contribution in [0.4, 0.5) is 0 Å². The quantitative estimate of drug-likeness (QED) is 0.600. The Morgan fingerprint density at radius 3 is 2.85 bits per heavy atom. The van der Waals surface area contributed by atoms with Crippen molar-refractivity contribution in [3.05, 3.63) is 30.6 Å². The fraction of sp³-hybridized carbons (Fsp3) is 0.500. The second kappa shape index (κ2) is 7.65. The van der Waals surface area contributed by atoms with Gasteiger partial charge in [-0.2, -0.15) is 0 Å². The van der Waals surface area contributed by atoms with Gasteiger partial charge in [-0.3, -0.25) is 0 Å². The number of aromatic amines is 1. The van der Waals surface area contributed by atoms with Crippen molar-refractivity contribution >= 4 is 33.7 Å². The molecular weight excluding hydrogens is 365 g/mol. The zero-order valence-electron chi connectivity index (χ0n) is 15.9. The minimum Gasteiger partial charge on any atom is -0.535 e. The normalized spacial score (nSPS) is 19.9. The number of fused-ring (bicyclic) bond motifs is 1. The molecule has 3 rings (SSSR count). The van der Waals surface area contributed by atoms with Crippen molar-refractivity contribution in [1.29, 1.82) is 0 Å². The van der Waals surface area contributed by atoms with Gasteiger partial charge in [-0.15, -0.1) is 0 Å². The standard InChI is InChI=1S/C18H26BN3O4S/c1-11(2)10-27(24,25)22-14-7-13(8-14)12(3)17-15-5-6-20-18(15)21-9-16(17)26-19(4)23/h5-6,9,11,13-14,22-23H,3,7-8,10H2,1-2,4H3,(H,20,21). The van der Waals surface area contributed by atoms with E-state index in [2.05, 4.69) is 21.3 Å². The molecule has 2 heterocycles. The summed E-state index contributed by atoms with van der Waals surface area (Å²) in [6.07, 6.45) is 4.76. The van der Waals surface area contributed by atoms with Gasteiger partial charge in [0.25, 0.3) is 0 Å². The van der Waals surface area contributed by atoms with Gasteiger partial charge < -0.3 is 14.7 Å². The summed E-state index contributed by atoms with van der Waals surface area (Å²) in [4.78, 5) is 7.37. The summed E-state index contributed by atoms with van der Waals surface area (Å²) in [6, 6.07) is 1.83. The Morgan fingerprint density at radius 1 is 1.52 bits per heavy atom. The molecule has 2 aromatic heterocycles. The van der Waals surface area contributed by atoms with Crippen LogP contribution in [0.1, 0.15) is 32.3 Å². The third kappa shape index (κ3) is 4.53. The molecule has 27 heavy (non-hydrogen) atoms. The first kappa shape index (κ1) is 19.9. The lowest BCUT2D eigenvalue weighted by molar-refractivity contribution is 0.310. The summed E-state index contributed by atoms with van der Waals surface area (Å²) >= 11 is 0. The minimum atomic E-state index is -3.26. The van der Waals surface area contributed by atoms with E-state index in [0.717, 1.165) is 22.2 Å². The van der Waals surface area contributed by atoms with E-state index in [-0.39, 0.29) is 23.6 Å². The molecule has 0 atom stereocenters. The molecule has 0 bridgehead atoms. The summed E-state index contributed by atoms with van der Waals surface area (Å²) < 4.78 is 32.5. The molecule has 1 saturated carbocycles. The second-order valence-corrected chi connectivity index (χ2v) is 9.44. The summed E-state index contributed by atoms with van der Waals surface area (Å²) in [5.74, 6) is 0.849. The van der Waals surface area contributed by atoms with Crippen LogP contribution in [0.5, 0.6) is 5.75 Å². The van der Waals surface area contributed by atoms with E-state index < -0.39 is 17.1 Å². The Labute approximate surface area is 160 Å². The molecular formula is C18H26BN3O4S. The third-order valence-corrected chi connectivity index (χ3v) is 6.50. The van der Waals surface area contributed by atoms with Gasteiger partial charge in [-0.05, 0) is 43.1 Å². The molecule has 0 saturated heterocycles. The largest absolute Gasteiger partial charge is 0.535 e. The van der Waals surface area contributed by atoms with Crippen LogP contribution in [0, 0.1) is 11.8 Å². The van der Waals surface area contributed by atoms with E-state index in [4.69, 9.17) is 4.65 Å². The SMILES string of the molecule is C=C(c1c(OB(C)O)cnc2[nH]ccc12)C1CC(NS(=O)(=O)CC(C)C)C1. The van der Waals surface area contributed by atoms with Gasteiger partial charge in [0.1, 0.15) is 11.4 Å². The van der Waals surface area contributed by atoms with E-state index in [1.807, 2.05) is 19.9 Å². The molecule has 7 nitrogen and oxygen atoms in total. The molecule has 0 radical (unpaired) electrons. The number of hydrogen-bond acceptors (Lipinski definition) is 5. The fourth-order valence-electron chi connectivity index (χ4n) is 3.54. The van der Waals surface area contributed by atoms with Gasteiger partial charge >= 0.3 is 7.12 Å². The van der Waals surface area contributed by atoms with Crippen molar-refractivity contribution in [2.75, 3.05) is 5.75 Å². The highest BCUT2D eigenvalue weighted by Crippen LogP contribution is 2.43. The van der Waals surface area contributed by atoms with Crippen molar-refractivity contribution in [3.63, 3.8) is 0 Å². The number of aromatic nitrogens is 2. The van der Waals surface area contributed by atoms with E-state index in [0.29, 0.717) is 18.6 Å². The molecule has 9 heteroatoms. The van der Waals surface area contributed by atoms with Gasteiger partial charge in [0.15, 0.2) is 0 Å². The maximum Gasteiger partial charge on any atom is 0.519 e. The Hall–Kier alpha value is -1.84. The summed E-state index contributed by atoms with van der Waals surface area (Å²) in [7, 11) is -4.22. The van der Waals surface area contributed by atoms with Crippen LogP contribution in [0.2, 0.25) is 6.82 Å². The van der Waals surface area contributed by atoms with Crippen LogP contribution in [0.3, 0.4) is 0 Å². The topological polar surface area (TPSA) is 104 Å². The number of hydrogen-bond donors (Lipinski definition) is 3. The lowest BCUT2D eigenvalue weighted by atomic mass is 9.74. The Kier molecular flexibility index (Phi) is 5.64. The summed E-state index contributed by atoms with van der Waals surface area (Å²) in [6.45, 7) is 9.56. The summed E-state index contributed by atoms with van der Waals surface area (Å²) in [5, 5.41) is 10.5. The van der Waals surface area contributed by atoms with E-state index >= 15 is 0 Å². The van der Waals surface area contributed by atoms with Gasteiger partial charge in [-0.25, -0.2) is 18.1 Å². The molecule has 0 aromatic carbocycles. The number of nitrogens with one attached hydrogen (secondary N) is 2. The van der Waals surface area contributed by atoms with Gasteiger partial charge in [0.05, 0.1) is 11.9 Å². The number of allylic oxidation sites excluding steroid dienone is 1. The number of nitrogens with zero attached hydrogens (tertiary/aromatic N) is 1. The molecule has 0 unspecified atom stereocenters. The van der Waals surface area contributed by atoms with Crippen LogP contribution >= 0.6 is 0 Å². The first-order valence-corrected chi connectivity index (χ1v) is 10.8. The Balaban J connectivity index is 1.75. The lowest BCUT2D eigenvalue weighted by Crippen LogP contribution is -2.45. The number of sulfonamides is 1. The molecule has 146 valence electrons. The molecule has 0 spiro atoms. The first-order valence-electron chi connectivity index (χ1n) is 9.16. The molecule has 2 aromatic rings. The molecule has 0 aliphatic heterocycles. The second-order valence-electron chi connectivity index (χ2n) is 7.64. The maximum absolute atomic E-state index is 12.1. The monoisotopic (exact) mass is 391 g/mol. The van der Waals surface area contributed by atoms with Crippen LogP contribution in [-0.2, 0) is 10.0 Å². The smallest absolute Gasteiger partial charge is 0.519 e. The van der Waals surface area contributed by atoms with Crippen molar-refractivity contribution in [3.8, 4) is 5.75 Å².